The van der Waals surface area contributed by atoms with Gasteiger partial charge in [-0.1, -0.05) is 24.1 Å². The lowest BCUT2D eigenvalue weighted by Gasteiger charge is -2.38. The Kier molecular flexibility index (Phi) is 3.63. The normalized spacial score (nSPS) is 21.4. The summed E-state index contributed by atoms with van der Waals surface area (Å²) in [5, 5.41) is 9.98. The molecule has 0 heterocycles. The van der Waals surface area contributed by atoms with Crippen molar-refractivity contribution in [2.75, 3.05) is 0 Å². The standard InChI is InChI=1S/C16H19ClO3/c17-13-10-11(16(15(18)19)8-3-9-16)6-7-14(13)20-12-4-1-2-5-12/h6-7,10,12H,1-5,8-9H2,(H,18,19). The van der Waals surface area contributed by atoms with E-state index in [-0.39, 0.29) is 6.10 Å². The van der Waals surface area contributed by atoms with E-state index in [1.165, 1.54) is 12.8 Å². The Hall–Kier alpha value is -1.22. The summed E-state index contributed by atoms with van der Waals surface area (Å²) in [7, 11) is 0. The number of hydrogen-bond donors (Lipinski definition) is 1. The van der Waals surface area contributed by atoms with Gasteiger partial charge in [-0.2, -0.15) is 0 Å². The molecule has 0 aliphatic heterocycles. The number of aliphatic carboxylic acids is 1. The van der Waals surface area contributed by atoms with Gasteiger partial charge in [0.2, 0.25) is 0 Å². The third kappa shape index (κ3) is 2.28. The molecule has 4 heteroatoms. The topological polar surface area (TPSA) is 46.5 Å². The zero-order chi connectivity index (χ0) is 14.2. The van der Waals surface area contributed by atoms with Crippen molar-refractivity contribution in [1.82, 2.24) is 0 Å². The molecule has 0 unspecified atom stereocenters. The molecule has 0 saturated heterocycles. The molecule has 0 radical (unpaired) electrons. The fourth-order valence-electron chi connectivity index (χ4n) is 3.24. The second-order valence-electron chi connectivity index (χ2n) is 5.91. The molecule has 1 aromatic carbocycles. The summed E-state index contributed by atoms with van der Waals surface area (Å²) in [4.78, 5) is 11.5. The highest BCUT2D eigenvalue weighted by molar-refractivity contribution is 6.32. The Morgan fingerprint density at radius 2 is 1.95 bits per heavy atom. The Labute approximate surface area is 123 Å². The van der Waals surface area contributed by atoms with Gasteiger partial charge < -0.3 is 9.84 Å². The molecule has 3 nitrogen and oxygen atoms in total. The number of carboxylic acids is 1. The first-order valence-electron chi connectivity index (χ1n) is 7.32. The molecular formula is C16H19ClO3. The molecule has 108 valence electrons. The maximum Gasteiger partial charge on any atom is 0.314 e. The van der Waals surface area contributed by atoms with Crippen molar-refractivity contribution in [2.45, 2.75) is 56.5 Å². The molecule has 3 rings (SSSR count). The number of ether oxygens (including phenoxy) is 1. The maximum absolute atomic E-state index is 11.5. The molecule has 0 bridgehead atoms. The van der Waals surface area contributed by atoms with Gasteiger partial charge in [0.25, 0.3) is 0 Å². The van der Waals surface area contributed by atoms with Gasteiger partial charge in [-0.05, 0) is 56.2 Å². The third-order valence-corrected chi connectivity index (χ3v) is 4.99. The minimum Gasteiger partial charge on any atom is -0.489 e. The van der Waals surface area contributed by atoms with Crippen LogP contribution < -0.4 is 4.74 Å². The van der Waals surface area contributed by atoms with Crippen LogP contribution in [0.3, 0.4) is 0 Å². The summed E-state index contributed by atoms with van der Waals surface area (Å²) in [6, 6.07) is 5.47. The zero-order valence-corrected chi connectivity index (χ0v) is 12.2. The van der Waals surface area contributed by atoms with Crippen LogP contribution in [0.1, 0.15) is 50.5 Å². The molecule has 2 aliphatic rings. The molecule has 1 N–H and O–H groups in total. The van der Waals surface area contributed by atoms with Crippen LogP contribution in [0.25, 0.3) is 0 Å². The first-order chi connectivity index (χ1) is 9.62. The molecule has 20 heavy (non-hydrogen) atoms. The van der Waals surface area contributed by atoms with E-state index in [4.69, 9.17) is 16.3 Å². The van der Waals surface area contributed by atoms with Crippen molar-refractivity contribution in [2.24, 2.45) is 0 Å². The van der Waals surface area contributed by atoms with Crippen LogP contribution in [0.2, 0.25) is 5.02 Å². The molecule has 2 saturated carbocycles. The molecule has 0 aromatic heterocycles. The van der Waals surface area contributed by atoms with E-state index in [2.05, 4.69) is 0 Å². The lowest BCUT2D eigenvalue weighted by Crippen LogP contribution is -2.42. The van der Waals surface area contributed by atoms with Crippen LogP contribution in [-0.4, -0.2) is 17.2 Å². The Bertz CT molecular complexity index is 516. The molecule has 1 aromatic rings. The highest BCUT2D eigenvalue weighted by Gasteiger charge is 2.46. The van der Waals surface area contributed by atoms with Crippen molar-refractivity contribution >= 4 is 17.6 Å². The maximum atomic E-state index is 11.5. The van der Waals surface area contributed by atoms with Gasteiger partial charge in [-0.3, -0.25) is 4.79 Å². The second kappa shape index (κ2) is 5.28. The molecule has 2 aliphatic carbocycles. The Balaban J connectivity index is 1.81. The fourth-order valence-corrected chi connectivity index (χ4v) is 3.46. The fraction of sp³-hybridized carbons (Fsp3) is 0.562. The number of carboxylic acid groups (broad SMARTS) is 1. The number of carbonyl (C=O) groups is 1. The summed E-state index contributed by atoms with van der Waals surface area (Å²) in [6.45, 7) is 0. The number of hydrogen-bond acceptors (Lipinski definition) is 2. The first kappa shape index (κ1) is 13.7. The van der Waals surface area contributed by atoms with Crippen molar-refractivity contribution in [3.05, 3.63) is 28.8 Å². The minimum absolute atomic E-state index is 0.260. The highest BCUT2D eigenvalue weighted by Crippen LogP contribution is 2.45. The van der Waals surface area contributed by atoms with Crippen LogP contribution >= 0.6 is 11.6 Å². The number of benzene rings is 1. The summed E-state index contributed by atoms with van der Waals surface area (Å²) in [5.41, 5.74) is 0.0789. The smallest absolute Gasteiger partial charge is 0.314 e. The van der Waals surface area contributed by atoms with E-state index in [1.807, 2.05) is 12.1 Å². The van der Waals surface area contributed by atoms with Gasteiger partial charge in [-0.15, -0.1) is 0 Å². The molecular weight excluding hydrogens is 276 g/mol. The largest absolute Gasteiger partial charge is 0.489 e. The van der Waals surface area contributed by atoms with Gasteiger partial charge in [-0.25, -0.2) is 0 Å². The highest BCUT2D eigenvalue weighted by atomic mass is 35.5. The monoisotopic (exact) mass is 294 g/mol. The number of rotatable bonds is 4. The van der Waals surface area contributed by atoms with Gasteiger partial charge in [0.15, 0.2) is 0 Å². The van der Waals surface area contributed by atoms with Crippen LogP contribution in [0, 0.1) is 0 Å². The first-order valence-corrected chi connectivity index (χ1v) is 7.70. The third-order valence-electron chi connectivity index (χ3n) is 4.70. The molecule has 0 atom stereocenters. The molecule has 0 spiro atoms. The van der Waals surface area contributed by atoms with E-state index in [1.54, 1.807) is 6.07 Å². The predicted octanol–water partition coefficient (Wildman–Crippen LogP) is 4.17. The van der Waals surface area contributed by atoms with Gasteiger partial charge in [0.05, 0.1) is 16.5 Å². The Morgan fingerprint density at radius 1 is 1.25 bits per heavy atom. The van der Waals surface area contributed by atoms with Gasteiger partial charge in [0, 0.05) is 0 Å². The van der Waals surface area contributed by atoms with E-state index in [0.29, 0.717) is 23.6 Å². The molecule has 2 fully saturated rings. The Morgan fingerprint density at radius 3 is 2.45 bits per heavy atom. The summed E-state index contributed by atoms with van der Waals surface area (Å²) >= 11 is 6.28. The lowest BCUT2D eigenvalue weighted by atomic mass is 9.64. The van der Waals surface area contributed by atoms with Crippen LogP contribution in [0.5, 0.6) is 5.75 Å². The average molecular weight is 295 g/mol. The summed E-state index contributed by atoms with van der Waals surface area (Å²) < 4.78 is 5.91. The predicted molar refractivity (Wildman–Crippen MR) is 77.5 cm³/mol. The van der Waals surface area contributed by atoms with Crippen LogP contribution in [0.4, 0.5) is 0 Å². The summed E-state index contributed by atoms with van der Waals surface area (Å²) in [5.74, 6) is -0.0635. The molecule has 0 amide bonds. The van der Waals surface area contributed by atoms with E-state index < -0.39 is 11.4 Å². The van der Waals surface area contributed by atoms with Crippen molar-refractivity contribution in [3.63, 3.8) is 0 Å². The number of halogens is 1. The van der Waals surface area contributed by atoms with Crippen LogP contribution in [0.15, 0.2) is 18.2 Å². The quantitative estimate of drug-likeness (QED) is 0.906. The van der Waals surface area contributed by atoms with Crippen molar-refractivity contribution < 1.29 is 14.6 Å². The van der Waals surface area contributed by atoms with E-state index in [9.17, 15) is 9.90 Å². The zero-order valence-electron chi connectivity index (χ0n) is 11.4. The second-order valence-corrected chi connectivity index (χ2v) is 6.32. The van der Waals surface area contributed by atoms with E-state index in [0.717, 1.165) is 24.8 Å². The summed E-state index contributed by atoms with van der Waals surface area (Å²) in [6.07, 6.45) is 7.20. The average Bonchev–Trinajstić information content (AvgIpc) is 2.83. The van der Waals surface area contributed by atoms with Crippen molar-refractivity contribution in [1.29, 1.82) is 0 Å². The SMILES string of the molecule is O=C(O)C1(c2ccc(OC3CCCC3)c(Cl)c2)CCC1. The van der Waals surface area contributed by atoms with Gasteiger partial charge >= 0.3 is 5.97 Å². The lowest BCUT2D eigenvalue weighted by molar-refractivity contribution is -0.147. The van der Waals surface area contributed by atoms with E-state index >= 15 is 0 Å². The minimum atomic E-state index is -0.746. The van der Waals surface area contributed by atoms with Crippen molar-refractivity contribution in [3.8, 4) is 5.75 Å². The van der Waals surface area contributed by atoms with Crippen LogP contribution in [-0.2, 0) is 10.2 Å². The van der Waals surface area contributed by atoms with Gasteiger partial charge in [0.1, 0.15) is 5.75 Å².